The smallest absolute Gasteiger partial charge is 0.269 e. The largest absolute Gasteiger partial charge is 0.347 e. The van der Waals surface area contributed by atoms with Crippen LogP contribution in [-0.2, 0) is 0 Å². The van der Waals surface area contributed by atoms with Gasteiger partial charge in [-0.15, -0.1) is 11.3 Å². The predicted octanol–water partition coefficient (Wildman–Crippen LogP) is 3.25. The molecule has 0 spiro atoms. The van der Waals surface area contributed by atoms with E-state index >= 15 is 0 Å². The lowest BCUT2D eigenvalue weighted by Crippen LogP contribution is -2.46. The molecule has 0 bridgehead atoms. The van der Waals surface area contributed by atoms with Gasteiger partial charge in [0, 0.05) is 6.54 Å². The van der Waals surface area contributed by atoms with Crippen molar-refractivity contribution in [3.05, 3.63) is 65.2 Å². The topological polar surface area (TPSA) is 58.9 Å². The van der Waals surface area contributed by atoms with Crippen LogP contribution in [0.15, 0.2) is 53.9 Å². The van der Waals surface area contributed by atoms with Crippen LogP contribution in [0.4, 0.5) is 0 Å². The third-order valence-electron chi connectivity index (χ3n) is 4.52. The van der Waals surface area contributed by atoms with E-state index in [0.29, 0.717) is 18.2 Å². The van der Waals surface area contributed by atoms with Crippen LogP contribution in [0.3, 0.4) is 0 Å². The van der Waals surface area contributed by atoms with Crippen molar-refractivity contribution in [3.63, 3.8) is 0 Å². The Morgan fingerprint density at radius 1 is 1.32 bits per heavy atom. The van der Waals surface area contributed by atoms with Crippen molar-refractivity contribution in [1.29, 1.82) is 0 Å². The van der Waals surface area contributed by atoms with E-state index in [9.17, 15) is 4.79 Å². The van der Waals surface area contributed by atoms with Crippen LogP contribution in [0.2, 0.25) is 0 Å². The second kappa shape index (κ2) is 6.82. The average molecular weight is 352 g/mol. The van der Waals surface area contributed by atoms with E-state index in [4.69, 9.17) is 0 Å². The minimum absolute atomic E-state index is 0.0347. The van der Waals surface area contributed by atoms with Gasteiger partial charge in [-0.05, 0) is 29.0 Å². The molecule has 5 nitrogen and oxygen atoms in total. The Kier molecular flexibility index (Phi) is 4.38. The second-order valence-corrected chi connectivity index (χ2v) is 7.23. The molecule has 0 aliphatic carbocycles. The molecular formula is C19H20N4OS. The van der Waals surface area contributed by atoms with E-state index in [1.54, 1.807) is 11.3 Å². The standard InChI is InChI=1S/C19H20N4OS/c1-13(14-6-3-2-4-7-14)11-20-18-12-21-19(24)16-10-15(22-23(16)18)17-8-5-9-25-17/h2-10,13,18,20H,11-12H2,1H3,(H,21,24). The molecular weight excluding hydrogens is 332 g/mol. The normalized spacial score (nSPS) is 17.8. The lowest BCUT2D eigenvalue weighted by atomic mass is 10.0. The Morgan fingerprint density at radius 3 is 2.92 bits per heavy atom. The molecule has 3 heterocycles. The number of benzene rings is 1. The number of fused-ring (bicyclic) bond motifs is 1. The molecule has 1 aliphatic heterocycles. The summed E-state index contributed by atoms with van der Waals surface area (Å²) in [4.78, 5) is 13.3. The number of amides is 1. The maximum absolute atomic E-state index is 12.2. The quantitative estimate of drug-likeness (QED) is 0.741. The third kappa shape index (κ3) is 3.23. The zero-order chi connectivity index (χ0) is 17.2. The van der Waals surface area contributed by atoms with E-state index in [1.165, 1.54) is 5.56 Å². The van der Waals surface area contributed by atoms with Crippen molar-refractivity contribution in [2.75, 3.05) is 13.1 Å². The Bertz CT molecular complexity index is 857. The monoisotopic (exact) mass is 352 g/mol. The third-order valence-corrected chi connectivity index (χ3v) is 5.41. The zero-order valence-corrected chi connectivity index (χ0v) is 14.8. The number of carbonyl (C=O) groups excluding carboxylic acids is 1. The second-order valence-electron chi connectivity index (χ2n) is 6.28. The van der Waals surface area contributed by atoms with Gasteiger partial charge in [-0.1, -0.05) is 43.3 Å². The molecule has 1 aromatic carbocycles. The molecule has 1 amide bonds. The van der Waals surface area contributed by atoms with Crippen LogP contribution in [0.1, 0.15) is 35.1 Å². The van der Waals surface area contributed by atoms with Crippen LogP contribution >= 0.6 is 11.3 Å². The molecule has 0 saturated heterocycles. The first kappa shape index (κ1) is 16.1. The van der Waals surface area contributed by atoms with Gasteiger partial charge in [-0.2, -0.15) is 5.10 Å². The molecule has 6 heteroatoms. The highest BCUT2D eigenvalue weighted by atomic mass is 32.1. The van der Waals surface area contributed by atoms with E-state index in [2.05, 4.69) is 46.9 Å². The molecule has 0 fully saturated rings. The number of aromatic nitrogens is 2. The SMILES string of the molecule is CC(CNC1CNC(=O)c2cc(-c3cccs3)nn21)c1ccccc1. The lowest BCUT2D eigenvalue weighted by molar-refractivity contribution is 0.0900. The summed E-state index contributed by atoms with van der Waals surface area (Å²) in [6.07, 6.45) is -0.0347. The molecule has 25 heavy (non-hydrogen) atoms. The van der Waals surface area contributed by atoms with Gasteiger partial charge in [0.05, 0.1) is 11.4 Å². The van der Waals surface area contributed by atoms with Crippen molar-refractivity contribution in [2.45, 2.75) is 19.0 Å². The Morgan fingerprint density at radius 2 is 2.16 bits per heavy atom. The summed E-state index contributed by atoms with van der Waals surface area (Å²) < 4.78 is 1.82. The van der Waals surface area contributed by atoms with Crippen molar-refractivity contribution in [2.24, 2.45) is 0 Å². The van der Waals surface area contributed by atoms with Gasteiger partial charge in [-0.3, -0.25) is 10.1 Å². The van der Waals surface area contributed by atoms with Crippen LogP contribution in [0, 0.1) is 0 Å². The molecule has 2 unspecified atom stereocenters. The van der Waals surface area contributed by atoms with Crippen molar-refractivity contribution in [1.82, 2.24) is 20.4 Å². The number of nitrogens with one attached hydrogen (secondary N) is 2. The van der Waals surface area contributed by atoms with E-state index < -0.39 is 0 Å². The molecule has 2 atom stereocenters. The molecule has 4 rings (SSSR count). The number of carbonyl (C=O) groups is 1. The van der Waals surface area contributed by atoms with Gasteiger partial charge in [0.1, 0.15) is 17.6 Å². The molecule has 0 saturated carbocycles. The van der Waals surface area contributed by atoms with Crippen LogP contribution in [-0.4, -0.2) is 28.8 Å². The molecule has 2 N–H and O–H groups in total. The number of hydrogen-bond donors (Lipinski definition) is 2. The number of nitrogens with zero attached hydrogens (tertiary/aromatic N) is 2. The van der Waals surface area contributed by atoms with Crippen molar-refractivity contribution in [3.8, 4) is 10.6 Å². The zero-order valence-electron chi connectivity index (χ0n) is 14.0. The Balaban J connectivity index is 1.52. The number of thiophene rings is 1. The average Bonchev–Trinajstić information content (AvgIpc) is 3.31. The first-order valence-corrected chi connectivity index (χ1v) is 9.30. The minimum atomic E-state index is -0.0653. The minimum Gasteiger partial charge on any atom is -0.347 e. The molecule has 2 aromatic heterocycles. The van der Waals surface area contributed by atoms with Crippen LogP contribution in [0.25, 0.3) is 10.6 Å². The maximum atomic E-state index is 12.2. The Labute approximate surface area is 150 Å². The van der Waals surface area contributed by atoms with Crippen LogP contribution < -0.4 is 10.6 Å². The molecule has 128 valence electrons. The van der Waals surface area contributed by atoms with Gasteiger partial charge in [0.2, 0.25) is 0 Å². The summed E-state index contributed by atoms with van der Waals surface area (Å²) in [6.45, 7) is 3.56. The fourth-order valence-corrected chi connectivity index (χ4v) is 3.76. The summed E-state index contributed by atoms with van der Waals surface area (Å²) in [5.41, 5.74) is 2.76. The molecule has 0 radical (unpaired) electrons. The maximum Gasteiger partial charge on any atom is 0.269 e. The summed E-state index contributed by atoms with van der Waals surface area (Å²) >= 11 is 1.63. The van der Waals surface area contributed by atoms with Gasteiger partial charge in [-0.25, -0.2) is 4.68 Å². The van der Waals surface area contributed by atoms with Crippen molar-refractivity contribution >= 4 is 17.2 Å². The summed E-state index contributed by atoms with van der Waals surface area (Å²) in [5, 5.41) is 13.2. The predicted molar refractivity (Wildman–Crippen MR) is 99.8 cm³/mol. The highest BCUT2D eigenvalue weighted by Crippen LogP contribution is 2.26. The summed E-state index contributed by atoms with van der Waals surface area (Å²) in [7, 11) is 0. The molecule has 3 aromatic rings. The van der Waals surface area contributed by atoms with Gasteiger partial charge in [0.15, 0.2) is 0 Å². The first-order valence-electron chi connectivity index (χ1n) is 8.42. The Hall–Kier alpha value is -2.44. The number of rotatable bonds is 5. The fourth-order valence-electron chi connectivity index (χ4n) is 3.08. The van der Waals surface area contributed by atoms with E-state index in [-0.39, 0.29) is 12.1 Å². The highest BCUT2D eigenvalue weighted by Gasteiger charge is 2.27. The highest BCUT2D eigenvalue weighted by molar-refractivity contribution is 7.13. The van der Waals surface area contributed by atoms with E-state index in [1.807, 2.05) is 34.3 Å². The van der Waals surface area contributed by atoms with Gasteiger partial charge >= 0.3 is 0 Å². The number of hydrogen-bond acceptors (Lipinski definition) is 4. The van der Waals surface area contributed by atoms with Gasteiger partial charge < -0.3 is 5.32 Å². The summed E-state index contributed by atoms with van der Waals surface area (Å²) in [5.74, 6) is 0.319. The van der Waals surface area contributed by atoms with E-state index in [0.717, 1.165) is 17.1 Å². The first-order chi connectivity index (χ1) is 12.2. The molecule has 1 aliphatic rings. The lowest BCUT2D eigenvalue weighted by Gasteiger charge is -2.27. The van der Waals surface area contributed by atoms with Crippen molar-refractivity contribution < 1.29 is 4.79 Å². The van der Waals surface area contributed by atoms with Crippen LogP contribution in [0.5, 0.6) is 0 Å². The summed E-state index contributed by atoms with van der Waals surface area (Å²) in [6, 6.07) is 16.3. The van der Waals surface area contributed by atoms with Gasteiger partial charge in [0.25, 0.3) is 5.91 Å². The fraction of sp³-hybridized carbons (Fsp3) is 0.263.